The predicted octanol–water partition coefficient (Wildman–Crippen LogP) is 1.14. The van der Waals surface area contributed by atoms with Crippen LogP contribution in [0.15, 0.2) is 24.3 Å². The fourth-order valence-corrected chi connectivity index (χ4v) is 2.61. The van der Waals surface area contributed by atoms with Gasteiger partial charge in [0.05, 0.1) is 6.61 Å². The van der Waals surface area contributed by atoms with E-state index in [9.17, 15) is 14.7 Å². The summed E-state index contributed by atoms with van der Waals surface area (Å²) in [4.78, 5) is 25.8. The molecule has 6 nitrogen and oxygen atoms in total. The van der Waals surface area contributed by atoms with E-state index in [4.69, 9.17) is 9.84 Å². The highest BCUT2D eigenvalue weighted by atomic mass is 16.5. The fraction of sp³-hybridized carbons (Fsp3) is 0.529. The van der Waals surface area contributed by atoms with Crippen molar-refractivity contribution >= 4 is 17.4 Å². The summed E-state index contributed by atoms with van der Waals surface area (Å²) in [6, 6.07) is 7.04. The third kappa shape index (κ3) is 4.30. The molecule has 1 aromatic rings. The van der Waals surface area contributed by atoms with Crippen LogP contribution in [0.3, 0.4) is 0 Å². The van der Waals surface area contributed by atoms with Crippen molar-refractivity contribution in [3.05, 3.63) is 24.3 Å². The number of carbonyl (C=O) groups is 2. The van der Waals surface area contributed by atoms with Crippen LogP contribution in [0, 0.1) is 5.92 Å². The second-order valence-corrected chi connectivity index (χ2v) is 6.25. The van der Waals surface area contributed by atoms with Crippen LogP contribution in [-0.2, 0) is 9.59 Å². The van der Waals surface area contributed by atoms with Crippen molar-refractivity contribution in [1.82, 2.24) is 0 Å². The van der Waals surface area contributed by atoms with Gasteiger partial charge in [0.2, 0.25) is 5.91 Å². The van der Waals surface area contributed by atoms with Gasteiger partial charge in [-0.1, -0.05) is 0 Å². The van der Waals surface area contributed by atoms with E-state index in [1.54, 1.807) is 29.2 Å². The zero-order chi connectivity index (χ0) is 17.0. The summed E-state index contributed by atoms with van der Waals surface area (Å²) in [5.74, 6) is -0.250. The first-order valence-corrected chi connectivity index (χ1v) is 7.73. The van der Waals surface area contributed by atoms with E-state index >= 15 is 0 Å². The average molecular weight is 321 g/mol. The van der Waals surface area contributed by atoms with E-state index in [1.807, 2.05) is 0 Å². The highest BCUT2D eigenvalue weighted by Crippen LogP contribution is 2.29. The monoisotopic (exact) mass is 321 g/mol. The first-order chi connectivity index (χ1) is 10.8. The molecule has 1 atom stereocenters. The van der Waals surface area contributed by atoms with E-state index in [0.717, 1.165) is 0 Å². The minimum absolute atomic E-state index is 0.0803. The van der Waals surface area contributed by atoms with Crippen LogP contribution in [0.25, 0.3) is 0 Å². The number of anilines is 1. The highest BCUT2D eigenvalue weighted by Gasteiger charge is 2.40. The molecule has 2 N–H and O–H groups in total. The summed E-state index contributed by atoms with van der Waals surface area (Å²) in [5.41, 5.74) is -0.721. The van der Waals surface area contributed by atoms with E-state index in [2.05, 4.69) is 0 Å². The second-order valence-electron chi connectivity index (χ2n) is 6.25. The number of Topliss-reactive ketones (excluding diaryl/α,β-unsaturated/α-hetero) is 1. The minimum atomic E-state index is -1.43. The Kier molecular flexibility index (Phi) is 5.38. The molecule has 23 heavy (non-hydrogen) atoms. The molecule has 1 heterocycles. The van der Waals surface area contributed by atoms with Crippen molar-refractivity contribution in [1.29, 1.82) is 0 Å². The highest BCUT2D eigenvalue weighted by molar-refractivity contribution is 6.02. The fourth-order valence-electron chi connectivity index (χ4n) is 2.61. The van der Waals surface area contributed by atoms with E-state index in [-0.39, 0.29) is 31.3 Å². The van der Waals surface area contributed by atoms with Gasteiger partial charge in [0.15, 0.2) is 5.78 Å². The molecule has 0 spiro atoms. The molecule has 1 saturated heterocycles. The summed E-state index contributed by atoms with van der Waals surface area (Å²) in [5, 5.41) is 18.5. The van der Waals surface area contributed by atoms with Gasteiger partial charge < -0.3 is 19.8 Å². The molecule has 0 bridgehead atoms. The summed E-state index contributed by atoms with van der Waals surface area (Å²) in [7, 11) is 0. The molecular weight excluding hydrogens is 298 g/mol. The first kappa shape index (κ1) is 17.4. The molecule has 1 aromatic carbocycles. The lowest BCUT2D eigenvalue weighted by Crippen LogP contribution is -2.38. The molecule has 1 fully saturated rings. The topological polar surface area (TPSA) is 87.1 Å². The molecule has 126 valence electrons. The third-order valence-corrected chi connectivity index (χ3v) is 3.82. The van der Waals surface area contributed by atoms with Crippen molar-refractivity contribution in [3.63, 3.8) is 0 Å². The normalized spacial score (nSPS) is 18.3. The van der Waals surface area contributed by atoms with Crippen LogP contribution in [0.1, 0.15) is 26.7 Å². The quantitative estimate of drug-likeness (QED) is 0.736. The van der Waals surface area contributed by atoms with Crippen molar-refractivity contribution < 1.29 is 24.5 Å². The van der Waals surface area contributed by atoms with Gasteiger partial charge >= 0.3 is 0 Å². The SMILES string of the molecule is CC(C)(O)C(=O)C1CC(=O)N(c2ccc(OCCCO)cc2)C1. The van der Waals surface area contributed by atoms with Gasteiger partial charge in [-0.3, -0.25) is 9.59 Å². The number of nitrogens with zero attached hydrogens (tertiary/aromatic N) is 1. The van der Waals surface area contributed by atoms with Crippen LogP contribution in [-0.4, -0.2) is 47.3 Å². The Morgan fingerprint density at radius 3 is 2.57 bits per heavy atom. The standard InChI is InChI=1S/C17H23NO5/c1-17(2,22)16(21)12-10-15(20)18(11-12)13-4-6-14(7-5-13)23-9-3-8-19/h4-7,12,19,22H,3,8-11H2,1-2H3. The van der Waals surface area contributed by atoms with Gasteiger partial charge in [-0.05, 0) is 38.1 Å². The number of ketones is 1. The van der Waals surface area contributed by atoms with E-state index < -0.39 is 11.5 Å². The van der Waals surface area contributed by atoms with Gasteiger partial charge in [0.1, 0.15) is 11.4 Å². The minimum Gasteiger partial charge on any atom is -0.494 e. The lowest BCUT2D eigenvalue weighted by atomic mass is 9.91. The largest absolute Gasteiger partial charge is 0.494 e. The Labute approximate surface area is 135 Å². The van der Waals surface area contributed by atoms with E-state index in [1.165, 1.54) is 13.8 Å². The number of aliphatic hydroxyl groups is 2. The maximum Gasteiger partial charge on any atom is 0.227 e. The number of aliphatic hydroxyl groups excluding tert-OH is 1. The Morgan fingerprint density at radius 2 is 2.00 bits per heavy atom. The molecule has 6 heteroatoms. The van der Waals surface area contributed by atoms with E-state index in [0.29, 0.717) is 24.5 Å². The van der Waals surface area contributed by atoms with Gasteiger partial charge in [0.25, 0.3) is 0 Å². The van der Waals surface area contributed by atoms with Gasteiger partial charge in [0, 0.05) is 37.6 Å². The van der Waals surface area contributed by atoms with Crippen molar-refractivity contribution in [2.75, 3.05) is 24.7 Å². The maximum atomic E-state index is 12.1. The number of benzene rings is 1. The summed E-state index contributed by atoms with van der Waals surface area (Å²) < 4.78 is 5.44. The Hall–Kier alpha value is -1.92. The molecular formula is C17H23NO5. The molecule has 0 saturated carbocycles. The van der Waals surface area contributed by atoms with Crippen LogP contribution in [0.5, 0.6) is 5.75 Å². The van der Waals surface area contributed by atoms with Crippen LogP contribution in [0.4, 0.5) is 5.69 Å². The number of rotatable bonds is 7. The Balaban J connectivity index is 2.02. The molecule has 1 aliphatic heterocycles. The predicted molar refractivity (Wildman–Crippen MR) is 85.4 cm³/mol. The average Bonchev–Trinajstić information content (AvgIpc) is 2.88. The zero-order valence-corrected chi connectivity index (χ0v) is 13.5. The van der Waals surface area contributed by atoms with Crippen molar-refractivity contribution in [2.45, 2.75) is 32.3 Å². The van der Waals surface area contributed by atoms with Crippen LogP contribution in [0.2, 0.25) is 0 Å². The molecule has 0 aliphatic carbocycles. The number of hydrogen-bond donors (Lipinski definition) is 2. The number of ether oxygens (including phenoxy) is 1. The van der Waals surface area contributed by atoms with Gasteiger partial charge in [-0.25, -0.2) is 0 Å². The number of hydrogen-bond acceptors (Lipinski definition) is 5. The van der Waals surface area contributed by atoms with Gasteiger partial charge in [-0.2, -0.15) is 0 Å². The Bertz CT molecular complexity index is 561. The molecule has 0 aromatic heterocycles. The number of amides is 1. The summed E-state index contributed by atoms with van der Waals surface area (Å²) in [6.45, 7) is 3.69. The van der Waals surface area contributed by atoms with Crippen LogP contribution < -0.4 is 9.64 Å². The lowest BCUT2D eigenvalue weighted by molar-refractivity contribution is -0.138. The van der Waals surface area contributed by atoms with Crippen LogP contribution >= 0.6 is 0 Å². The Morgan fingerprint density at radius 1 is 1.35 bits per heavy atom. The smallest absolute Gasteiger partial charge is 0.227 e. The third-order valence-electron chi connectivity index (χ3n) is 3.82. The summed E-state index contributed by atoms with van der Waals surface area (Å²) in [6.07, 6.45) is 0.685. The maximum absolute atomic E-state index is 12.1. The molecule has 1 amide bonds. The van der Waals surface area contributed by atoms with Crippen molar-refractivity contribution in [3.8, 4) is 5.75 Å². The number of carbonyl (C=O) groups excluding carboxylic acids is 2. The second kappa shape index (κ2) is 7.10. The first-order valence-electron chi connectivity index (χ1n) is 7.73. The molecule has 0 radical (unpaired) electrons. The molecule has 1 unspecified atom stereocenters. The summed E-state index contributed by atoms with van der Waals surface area (Å²) >= 11 is 0. The van der Waals surface area contributed by atoms with Crippen molar-refractivity contribution in [2.24, 2.45) is 5.92 Å². The zero-order valence-electron chi connectivity index (χ0n) is 13.5. The van der Waals surface area contributed by atoms with Gasteiger partial charge in [-0.15, -0.1) is 0 Å². The molecule has 2 rings (SSSR count). The lowest BCUT2D eigenvalue weighted by Gasteiger charge is -2.21. The molecule has 1 aliphatic rings.